The van der Waals surface area contributed by atoms with Gasteiger partial charge in [0.15, 0.2) is 5.75 Å². The number of nitro groups is 1. The van der Waals surface area contributed by atoms with Gasteiger partial charge in [-0.25, -0.2) is 4.98 Å². The van der Waals surface area contributed by atoms with E-state index in [0.717, 1.165) is 22.7 Å². The van der Waals surface area contributed by atoms with Crippen LogP contribution in [0.3, 0.4) is 0 Å². The zero-order valence-corrected chi connectivity index (χ0v) is 12.8. The van der Waals surface area contributed by atoms with Crippen molar-refractivity contribution in [2.45, 2.75) is 26.8 Å². The lowest BCUT2D eigenvalue weighted by atomic mass is 10.2. The van der Waals surface area contributed by atoms with Gasteiger partial charge in [0.25, 0.3) is 0 Å². The molecule has 21 heavy (non-hydrogen) atoms. The highest BCUT2D eigenvalue weighted by molar-refractivity contribution is 7.09. The first-order valence-electron chi connectivity index (χ1n) is 6.66. The first-order chi connectivity index (χ1) is 10.1. The van der Waals surface area contributed by atoms with Gasteiger partial charge in [-0.05, 0) is 19.4 Å². The summed E-state index contributed by atoms with van der Waals surface area (Å²) in [6.07, 6.45) is 0.800. The van der Waals surface area contributed by atoms with Gasteiger partial charge in [-0.2, -0.15) is 0 Å². The molecule has 2 aromatic rings. The molecular weight excluding hydrogens is 290 g/mol. The Balaban J connectivity index is 2.13. The molecule has 0 amide bonds. The number of aryl methyl sites for hydroxylation is 1. The number of aromatic nitrogens is 1. The van der Waals surface area contributed by atoms with Crippen molar-refractivity contribution < 1.29 is 9.66 Å². The van der Waals surface area contributed by atoms with Crippen molar-refractivity contribution in [1.82, 2.24) is 4.98 Å². The molecule has 0 atom stereocenters. The Hall–Kier alpha value is -2.15. The van der Waals surface area contributed by atoms with Gasteiger partial charge < -0.3 is 10.1 Å². The third-order valence-electron chi connectivity index (χ3n) is 2.92. The molecule has 0 aliphatic rings. The van der Waals surface area contributed by atoms with E-state index in [1.165, 1.54) is 6.07 Å². The topological polar surface area (TPSA) is 77.3 Å². The van der Waals surface area contributed by atoms with Crippen molar-refractivity contribution in [2.75, 3.05) is 11.9 Å². The first-order valence-corrected chi connectivity index (χ1v) is 7.54. The number of nitrogens with zero attached hydrogens (tertiary/aromatic N) is 2. The SMILES string of the molecule is CCCOc1cc(NCc2scnc2C)ccc1[N+](=O)[O-]. The van der Waals surface area contributed by atoms with E-state index in [4.69, 9.17) is 4.74 Å². The van der Waals surface area contributed by atoms with Crippen LogP contribution in [0.1, 0.15) is 23.9 Å². The van der Waals surface area contributed by atoms with Gasteiger partial charge in [-0.1, -0.05) is 6.92 Å². The van der Waals surface area contributed by atoms with Crippen molar-refractivity contribution >= 4 is 22.7 Å². The number of nitro benzene ring substituents is 1. The van der Waals surface area contributed by atoms with Crippen molar-refractivity contribution in [2.24, 2.45) is 0 Å². The maximum Gasteiger partial charge on any atom is 0.311 e. The Morgan fingerprint density at radius 3 is 2.90 bits per heavy atom. The molecule has 1 aromatic carbocycles. The summed E-state index contributed by atoms with van der Waals surface area (Å²) in [5.74, 6) is 0.299. The lowest BCUT2D eigenvalue weighted by Gasteiger charge is -2.09. The van der Waals surface area contributed by atoms with Gasteiger partial charge >= 0.3 is 5.69 Å². The number of thiazole rings is 1. The van der Waals surface area contributed by atoms with E-state index in [9.17, 15) is 10.1 Å². The minimum absolute atomic E-state index is 0.0111. The Bertz CT molecular complexity index is 628. The van der Waals surface area contributed by atoms with E-state index >= 15 is 0 Å². The average molecular weight is 307 g/mol. The third-order valence-corrected chi connectivity index (χ3v) is 3.85. The molecule has 2 rings (SSSR count). The molecular formula is C14H17N3O3S. The molecule has 0 unspecified atom stereocenters. The van der Waals surface area contributed by atoms with Crippen LogP contribution in [0.25, 0.3) is 0 Å². The molecule has 1 N–H and O–H groups in total. The fourth-order valence-electron chi connectivity index (χ4n) is 1.78. The predicted molar refractivity (Wildman–Crippen MR) is 83.1 cm³/mol. The van der Waals surface area contributed by atoms with Crippen molar-refractivity contribution in [3.8, 4) is 5.75 Å². The summed E-state index contributed by atoms with van der Waals surface area (Å²) in [5.41, 5.74) is 3.58. The van der Waals surface area contributed by atoms with Crippen LogP contribution in [0, 0.1) is 17.0 Å². The van der Waals surface area contributed by atoms with Crippen LogP contribution in [-0.2, 0) is 6.54 Å². The number of hydrogen-bond acceptors (Lipinski definition) is 6. The number of benzene rings is 1. The lowest BCUT2D eigenvalue weighted by molar-refractivity contribution is -0.385. The molecule has 0 bridgehead atoms. The summed E-state index contributed by atoms with van der Waals surface area (Å²) in [4.78, 5) is 15.9. The number of rotatable bonds is 7. The second-order valence-corrected chi connectivity index (χ2v) is 5.44. The summed E-state index contributed by atoms with van der Waals surface area (Å²) in [5, 5.41) is 14.2. The van der Waals surface area contributed by atoms with Crippen LogP contribution >= 0.6 is 11.3 Å². The zero-order valence-electron chi connectivity index (χ0n) is 12.0. The zero-order chi connectivity index (χ0) is 15.2. The highest BCUT2D eigenvalue weighted by Gasteiger charge is 2.15. The Morgan fingerprint density at radius 2 is 2.29 bits per heavy atom. The monoisotopic (exact) mass is 307 g/mol. The molecule has 0 spiro atoms. The lowest BCUT2D eigenvalue weighted by Crippen LogP contribution is -2.02. The van der Waals surface area contributed by atoms with Gasteiger partial charge in [0.2, 0.25) is 0 Å². The van der Waals surface area contributed by atoms with Crippen LogP contribution in [-0.4, -0.2) is 16.5 Å². The van der Waals surface area contributed by atoms with Gasteiger partial charge in [0.1, 0.15) is 0 Å². The van der Waals surface area contributed by atoms with Crippen LogP contribution in [0.5, 0.6) is 5.75 Å². The largest absolute Gasteiger partial charge is 0.487 e. The third kappa shape index (κ3) is 3.91. The Labute approximate surface area is 126 Å². The molecule has 1 aromatic heterocycles. The fraction of sp³-hybridized carbons (Fsp3) is 0.357. The first kappa shape index (κ1) is 15.2. The van der Waals surface area contributed by atoms with Gasteiger partial charge in [0, 0.05) is 22.7 Å². The molecule has 112 valence electrons. The number of ether oxygens (including phenoxy) is 1. The van der Waals surface area contributed by atoms with E-state index in [1.54, 1.807) is 29.0 Å². The minimum atomic E-state index is -0.428. The minimum Gasteiger partial charge on any atom is -0.487 e. The smallest absolute Gasteiger partial charge is 0.311 e. The van der Waals surface area contributed by atoms with Crippen LogP contribution in [0.2, 0.25) is 0 Å². The van der Waals surface area contributed by atoms with E-state index < -0.39 is 4.92 Å². The molecule has 0 radical (unpaired) electrons. The van der Waals surface area contributed by atoms with E-state index in [1.807, 2.05) is 13.8 Å². The highest BCUT2D eigenvalue weighted by atomic mass is 32.1. The molecule has 0 fully saturated rings. The van der Waals surface area contributed by atoms with Crippen molar-refractivity contribution in [1.29, 1.82) is 0 Å². The molecule has 0 saturated carbocycles. The summed E-state index contributed by atoms with van der Waals surface area (Å²) in [7, 11) is 0. The maximum atomic E-state index is 11.0. The van der Waals surface area contributed by atoms with Gasteiger partial charge in [0.05, 0.1) is 29.3 Å². The van der Waals surface area contributed by atoms with Crippen LogP contribution < -0.4 is 10.1 Å². The van der Waals surface area contributed by atoms with E-state index in [0.29, 0.717) is 18.9 Å². The van der Waals surface area contributed by atoms with E-state index in [2.05, 4.69) is 10.3 Å². The van der Waals surface area contributed by atoms with Crippen LogP contribution in [0.4, 0.5) is 11.4 Å². The molecule has 1 heterocycles. The molecule has 0 aliphatic heterocycles. The summed E-state index contributed by atoms with van der Waals surface area (Å²) in [6.45, 7) is 5.01. The van der Waals surface area contributed by atoms with Gasteiger partial charge in [-0.3, -0.25) is 10.1 Å². The van der Waals surface area contributed by atoms with Crippen molar-refractivity contribution in [3.05, 3.63) is 44.4 Å². The fourth-order valence-corrected chi connectivity index (χ4v) is 2.50. The number of hydrogen-bond donors (Lipinski definition) is 1. The quantitative estimate of drug-likeness (QED) is 0.622. The summed E-state index contributed by atoms with van der Waals surface area (Å²) in [6, 6.07) is 4.82. The van der Waals surface area contributed by atoms with Crippen molar-refractivity contribution in [3.63, 3.8) is 0 Å². The number of anilines is 1. The molecule has 7 heteroatoms. The molecule has 0 aliphatic carbocycles. The maximum absolute atomic E-state index is 11.0. The average Bonchev–Trinajstić information content (AvgIpc) is 2.88. The van der Waals surface area contributed by atoms with Gasteiger partial charge in [-0.15, -0.1) is 11.3 Å². The number of nitrogens with one attached hydrogen (secondary N) is 1. The molecule has 0 saturated heterocycles. The van der Waals surface area contributed by atoms with E-state index in [-0.39, 0.29) is 5.69 Å². The Morgan fingerprint density at radius 1 is 1.48 bits per heavy atom. The molecule has 6 nitrogen and oxygen atoms in total. The Kier molecular flexibility index (Phi) is 5.10. The highest BCUT2D eigenvalue weighted by Crippen LogP contribution is 2.30. The second kappa shape index (κ2) is 7.03. The predicted octanol–water partition coefficient (Wildman–Crippen LogP) is 3.76. The summed E-state index contributed by atoms with van der Waals surface area (Å²) < 4.78 is 5.46. The normalized spacial score (nSPS) is 10.4. The standard InChI is InChI=1S/C14H17N3O3S/c1-3-6-20-13-7-11(4-5-12(13)17(18)19)15-8-14-10(2)16-9-21-14/h4-5,7,9,15H,3,6,8H2,1-2H3. The van der Waals surface area contributed by atoms with Crippen LogP contribution in [0.15, 0.2) is 23.7 Å². The summed E-state index contributed by atoms with van der Waals surface area (Å²) >= 11 is 1.58. The second-order valence-electron chi connectivity index (χ2n) is 4.50.